The van der Waals surface area contributed by atoms with Crippen LogP contribution in [0.25, 0.3) is 0 Å². The minimum Gasteiger partial charge on any atom is -0.267 e. The smallest absolute Gasteiger partial charge is 0.267 e. The Hall–Kier alpha value is -2.78. The van der Waals surface area contributed by atoms with Crippen LogP contribution in [0.5, 0.6) is 0 Å². The topological polar surface area (TPSA) is 96.9 Å². The Morgan fingerprint density at radius 2 is 1.59 bits per heavy atom. The summed E-state index contributed by atoms with van der Waals surface area (Å²) in [6.07, 6.45) is 0.825. The van der Waals surface area contributed by atoms with Crippen molar-refractivity contribution in [3.8, 4) is 0 Å². The fourth-order valence-corrected chi connectivity index (χ4v) is 5.08. The molecular formula is C23H27N5O2S2. The minimum absolute atomic E-state index is 0.357. The Balaban J connectivity index is 1.53. The molecule has 2 heterocycles. The van der Waals surface area contributed by atoms with E-state index < -0.39 is 0 Å². The lowest BCUT2D eigenvalue weighted by Gasteiger charge is -2.08. The van der Waals surface area contributed by atoms with Gasteiger partial charge in [0.1, 0.15) is 4.88 Å². The quantitative estimate of drug-likeness (QED) is 0.302. The average Bonchev–Trinajstić information content (AvgIpc) is 3.09. The summed E-state index contributed by atoms with van der Waals surface area (Å²) in [4.78, 5) is 38.7. The number of nitrogens with zero attached hydrogens (tertiary/aromatic N) is 3. The zero-order valence-corrected chi connectivity index (χ0v) is 20.5. The molecule has 0 saturated carbocycles. The van der Waals surface area contributed by atoms with Crippen molar-refractivity contribution in [3.05, 3.63) is 68.4 Å². The summed E-state index contributed by atoms with van der Waals surface area (Å²) >= 11 is 2.91. The second-order valence-corrected chi connectivity index (χ2v) is 9.97. The first-order valence-corrected chi connectivity index (χ1v) is 12.1. The lowest BCUT2D eigenvalue weighted by Crippen LogP contribution is -2.41. The van der Waals surface area contributed by atoms with Crippen molar-refractivity contribution in [2.45, 2.75) is 51.9 Å². The first kappa shape index (κ1) is 23.9. The van der Waals surface area contributed by atoms with Gasteiger partial charge in [0.2, 0.25) is 0 Å². The standard InChI is InChI=1S/C23H27N5O2S2/c1-13(2)10-19-26-16(5)20(32-19)22(30)28-27-21(29)18-8-6-17(7-9-18)12-31-23-24-14(3)11-15(4)25-23/h6-9,11,13H,10,12H2,1-5H3,(H,27,29)(H,28,30). The van der Waals surface area contributed by atoms with E-state index in [0.717, 1.165) is 33.5 Å². The highest BCUT2D eigenvalue weighted by Crippen LogP contribution is 2.21. The molecule has 2 amide bonds. The van der Waals surface area contributed by atoms with Gasteiger partial charge in [-0.05, 0) is 50.5 Å². The molecular weight excluding hydrogens is 442 g/mol. The number of aromatic nitrogens is 3. The number of thioether (sulfide) groups is 1. The average molecular weight is 470 g/mol. The van der Waals surface area contributed by atoms with Crippen LogP contribution in [0, 0.1) is 26.7 Å². The fourth-order valence-electron chi connectivity index (χ4n) is 3.00. The van der Waals surface area contributed by atoms with Gasteiger partial charge >= 0.3 is 0 Å². The molecule has 3 aromatic rings. The number of amides is 2. The van der Waals surface area contributed by atoms with Crippen LogP contribution in [0.4, 0.5) is 0 Å². The number of benzene rings is 1. The van der Waals surface area contributed by atoms with E-state index in [4.69, 9.17) is 0 Å². The molecule has 0 unspecified atom stereocenters. The molecule has 0 atom stereocenters. The Morgan fingerprint density at radius 3 is 2.22 bits per heavy atom. The van der Waals surface area contributed by atoms with Crippen molar-refractivity contribution in [1.29, 1.82) is 0 Å². The number of hydrogen-bond donors (Lipinski definition) is 2. The van der Waals surface area contributed by atoms with Crippen LogP contribution in [-0.4, -0.2) is 26.8 Å². The van der Waals surface area contributed by atoms with Gasteiger partial charge in [-0.2, -0.15) is 0 Å². The summed E-state index contributed by atoms with van der Waals surface area (Å²) < 4.78 is 0. The van der Waals surface area contributed by atoms with E-state index in [-0.39, 0.29) is 11.8 Å². The van der Waals surface area contributed by atoms with Gasteiger partial charge in [0.15, 0.2) is 5.16 Å². The predicted molar refractivity (Wildman–Crippen MR) is 128 cm³/mol. The van der Waals surface area contributed by atoms with Gasteiger partial charge in [-0.15, -0.1) is 11.3 Å². The van der Waals surface area contributed by atoms with Crippen LogP contribution in [0.1, 0.15) is 61.5 Å². The van der Waals surface area contributed by atoms with Crippen molar-refractivity contribution in [2.24, 2.45) is 5.92 Å². The van der Waals surface area contributed by atoms with Gasteiger partial charge in [0.05, 0.1) is 10.7 Å². The lowest BCUT2D eigenvalue weighted by atomic mass is 10.1. The summed E-state index contributed by atoms with van der Waals surface area (Å²) in [7, 11) is 0. The first-order chi connectivity index (χ1) is 15.2. The van der Waals surface area contributed by atoms with E-state index in [2.05, 4.69) is 39.7 Å². The zero-order chi connectivity index (χ0) is 23.3. The molecule has 168 valence electrons. The number of hydrazine groups is 1. The number of nitrogens with one attached hydrogen (secondary N) is 2. The highest BCUT2D eigenvalue weighted by atomic mass is 32.2. The van der Waals surface area contributed by atoms with Crippen LogP contribution in [-0.2, 0) is 12.2 Å². The Kier molecular flexibility index (Phi) is 7.98. The van der Waals surface area contributed by atoms with Crippen molar-refractivity contribution >= 4 is 34.9 Å². The van der Waals surface area contributed by atoms with Gasteiger partial charge < -0.3 is 0 Å². The molecule has 9 heteroatoms. The van der Waals surface area contributed by atoms with Crippen LogP contribution in [0.2, 0.25) is 0 Å². The van der Waals surface area contributed by atoms with Crippen molar-refractivity contribution in [2.75, 3.05) is 0 Å². The number of thiazole rings is 1. The maximum absolute atomic E-state index is 12.5. The van der Waals surface area contributed by atoms with Gasteiger partial charge in [-0.25, -0.2) is 15.0 Å². The molecule has 0 fully saturated rings. The van der Waals surface area contributed by atoms with E-state index in [1.165, 1.54) is 11.3 Å². The highest BCUT2D eigenvalue weighted by molar-refractivity contribution is 7.98. The number of hydrogen-bond acceptors (Lipinski definition) is 7. The van der Waals surface area contributed by atoms with Crippen LogP contribution >= 0.6 is 23.1 Å². The van der Waals surface area contributed by atoms with Crippen LogP contribution < -0.4 is 10.9 Å². The summed E-state index contributed by atoms with van der Waals surface area (Å²) in [5.41, 5.74) is 9.04. The highest BCUT2D eigenvalue weighted by Gasteiger charge is 2.17. The van der Waals surface area contributed by atoms with Crippen molar-refractivity contribution in [1.82, 2.24) is 25.8 Å². The molecule has 0 radical (unpaired) electrons. The Bertz CT molecular complexity index is 1090. The molecule has 0 spiro atoms. The third-order valence-corrected chi connectivity index (χ3v) is 6.56. The van der Waals surface area contributed by atoms with Crippen molar-refractivity contribution < 1.29 is 9.59 Å². The molecule has 3 rings (SSSR count). The molecule has 32 heavy (non-hydrogen) atoms. The predicted octanol–water partition coefficient (Wildman–Crippen LogP) is 4.42. The van der Waals surface area contributed by atoms with Crippen LogP contribution in [0.15, 0.2) is 35.5 Å². The van der Waals surface area contributed by atoms with Gasteiger partial charge in [0, 0.05) is 29.1 Å². The molecule has 0 saturated heterocycles. The lowest BCUT2D eigenvalue weighted by molar-refractivity contribution is 0.0848. The Labute approximate surface area is 196 Å². The molecule has 0 bridgehead atoms. The zero-order valence-electron chi connectivity index (χ0n) is 18.9. The summed E-state index contributed by atoms with van der Waals surface area (Å²) in [5.74, 6) is 0.431. The third kappa shape index (κ3) is 6.61. The van der Waals surface area contributed by atoms with E-state index in [0.29, 0.717) is 27.8 Å². The third-order valence-electron chi connectivity index (χ3n) is 4.47. The summed E-state index contributed by atoms with van der Waals surface area (Å²) in [5, 5.41) is 1.66. The van der Waals surface area contributed by atoms with E-state index in [1.54, 1.807) is 30.8 Å². The summed E-state index contributed by atoms with van der Waals surface area (Å²) in [6.45, 7) is 9.92. The maximum atomic E-state index is 12.5. The molecule has 1 aromatic carbocycles. The largest absolute Gasteiger partial charge is 0.281 e. The molecule has 2 N–H and O–H groups in total. The number of aryl methyl sites for hydroxylation is 3. The van der Waals surface area contributed by atoms with E-state index >= 15 is 0 Å². The summed E-state index contributed by atoms with van der Waals surface area (Å²) in [6, 6.07) is 9.18. The molecule has 0 aliphatic rings. The molecule has 7 nitrogen and oxygen atoms in total. The second kappa shape index (κ2) is 10.7. The number of carbonyl (C=O) groups is 2. The minimum atomic E-state index is -0.375. The molecule has 0 aliphatic carbocycles. The van der Waals surface area contributed by atoms with Gasteiger partial charge in [0.25, 0.3) is 11.8 Å². The van der Waals surface area contributed by atoms with Crippen molar-refractivity contribution in [3.63, 3.8) is 0 Å². The second-order valence-electron chi connectivity index (χ2n) is 7.95. The normalized spacial score (nSPS) is 10.9. The van der Waals surface area contributed by atoms with Gasteiger partial charge in [-0.1, -0.05) is 37.7 Å². The maximum Gasteiger partial charge on any atom is 0.281 e. The Morgan fingerprint density at radius 1 is 0.969 bits per heavy atom. The van der Waals surface area contributed by atoms with Gasteiger partial charge in [-0.3, -0.25) is 20.4 Å². The van der Waals surface area contributed by atoms with E-state index in [1.807, 2.05) is 32.0 Å². The number of rotatable bonds is 7. The SMILES string of the molecule is Cc1cc(C)nc(SCc2ccc(C(=O)NNC(=O)c3sc(CC(C)C)nc3C)cc2)n1. The van der Waals surface area contributed by atoms with Crippen LogP contribution in [0.3, 0.4) is 0 Å². The number of carbonyl (C=O) groups excluding carboxylic acids is 2. The van der Waals surface area contributed by atoms with E-state index in [9.17, 15) is 9.59 Å². The molecule has 2 aromatic heterocycles. The first-order valence-electron chi connectivity index (χ1n) is 10.3. The monoisotopic (exact) mass is 469 g/mol. The fraction of sp³-hybridized carbons (Fsp3) is 0.348. The molecule has 0 aliphatic heterocycles.